The molecule has 0 unspecified atom stereocenters. The molecule has 0 aromatic carbocycles. The summed E-state index contributed by atoms with van der Waals surface area (Å²) in [6, 6.07) is 0. The molecule has 280 valence electrons. The van der Waals surface area contributed by atoms with Crippen LogP contribution >= 0.6 is 0 Å². The minimum Gasteiger partial charge on any atom is -0.462 e. The summed E-state index contributed by atoms with van der Waals surface area (Å²) in [7, 11) is 0. The van der Waals surface area contributed by atoms with Crippen molar-refractivity contribution in [3.05, 3.63) is 0 Å². The average molecular weight is 669 g/mol. The fourth-order valence-corrected chi connectivity index (χ4v) is 12.2. The Morgan fingerprint density at radius 2 is 1.21 bits per heavy atom. The molecule has 4 aliphatic carbocycles. The lowest BCUT2D eigenvalue weighted by molar-refractivity contribution is -0.162. The summed E-state index contributed by atoms with van der Waals surface area (Å²) in [4.78, 5) is 12.9. The summed E-state index contributed by atoms with van der Waals surface area (Å²) in [5.41, 5.74) is 1.04. The number of carbonyl (C=O) groups excluding carboxylic acids is 1. The first-order valence-electron chi connectivity index (χ1n) is 22.3. The van der Waals surface area contributed by atoms with Gasteiger partial charge in [-0.3, -0.25) is 4.79 Å². The zero-order chi connectivity index (χ0) is 34.6. The summed E-state index contributed by atoms with van der Waals surface area (Å²) in [6.45, 7) is 17.6. The third-order valence-electron chi connectivity index (χ3n) is 15.9. The predicted octanol–water partition coefficient (Wildman–Crippen LogP) is 14.5. The lowest BCUT2D eigenvalue weighted by Crippen LogP contribution is -2.54. The summed E-state index contributed by atoms with van der Waals surface area (Å²) in [5.74, 6) is 7.14. The lowest BCUT2D eigenvalue weighted by Gasteiger charge is -2.61. The van der Waals surface area contributed by atoms with Crippen LogP contribution in [0.5, 0.6) is 0 Å². The minimum atomic E-state index is 0.0920. The summed E-state index contributed by atoms with van der Waals surface area (Å²) >= 11 is 0. The van der Waals surface area contributed by atoms with E-state index in [9.17, 15) is 4.79 Å². The molecule has 0 heterocycles. The minimum absolute atomic E-state index is 0.0920. The quantitative estimate of drug-likeness (QED) is 0.0847. The van der Waals surface area contributed by atoms with Crippen molar-refractivity contribution in [2.75, 3.05) is 0 Å². The van der Waals surface area contributed by atoms with Crippen LogP contribution in [0.3, 0.4) is 0 Å². The van der Waals surface area contributed by atoms with Crippen molar-refractivity contribution >= 4 is 5.97 Å². The number of rotatable bonds is 22. The number of esters is 1. The largest absolute Gasteiger partial charge is 0.462 e. The molecular formula is C46H84O2. The highest BCUT2D eigenvalue weighted by molar-refractivity contribution is 5.69. The summed E-state index contributed by atoms with van der Waals surface area (Å²) < 4.78 is 6.18. The second-order valence-corrected chi connectivity index (χ2v) is 19.2. The van der Waals surface area contributed by atoms with Crippen molar-refractivity contribution in [3.8, 4) is 0 Å². The molecule has 0 bridgehead atoms. The van der Waals surface area contributed by atoms with Gasteiger partial charge in [-0.05, 0) is 122 Å². The Morgan fingerprint density at radius 1 is 0.646 bits per heavy atom. The molecule has 0 radical (unpaired) electrons. The van der Waals surface area contributed by atoms with E-state index < -0.39 is 0 Å². The molecule has 0 aromatic heterocycles. The van der Waals surface area contributed by atoms with Crippen molar-refractivity contribution in [2.45, 2.75) is 228 Å². The van der Waals surface area contributed by atoms with E-state index in [1.165, 1.54) is 148 Å². The van der Waals surface area contributed by atoms with Crippen molar-refractivity contribution in [2.24, 2.45) is 58.2 Å². The maximum Gasteiger partial charge on any atom is 0.306 e. The van der Waals surface area contributed by atoms with Gasteiger partial charge in [-0.2, -0.15) is 0 Å². The molecule has 4 saturated carbocycles. The first-order valence-corrected chi connectivity index (χ1v) is 22.3. The maximum absolute atomic E-state index is 12.9. The molecule has 0 aromatic rings. The topological polar surface area (TPSA) is 26.3 Å². The van der Waals surface area contributed by atoms with Gasteiger partial charge in [0.1, 0.15) is 6.10 Å². The molecule has 0 saturated heterocycles. The van der Waals surface area contributed by atoms with Crippen LogP contribution in [-0.2, 0) is 9.53 Å². The normalized spacial score (nSPS) is 34.3. The molecule has 10 atom stereocenters. The van der Waals surface area contributed by atoms with Gasteiger partial charge in [0.2, 0.25) is 0 Å². The highest BCUT2D eigenvalue weighted by Gasteiger charge is 2.60. The SMILES string of the molecule is CCCCCCCCCCCCCCCCCC(=O)O[C@H]1CC[C@@]2(C)[C@@H](CC[C@@H]3[C@@H]2CC[C@]2(C)[C@@H]([C@H](C)CC[C@@H](C)C(C)C)CC[C@@H]32)C1. The number of ether oxygens (including phenoxy) is 1. The number of hydrogen-bond acceptors (Lipinski definition) is 2. The van der Waals surface area contributed by atoms with Gasteiger partial charge in [-0.15, -0.1) is 0 Å². The number of fused-ring (bicyclic) bond motifs is 5. The Labute approximate surface area is 300 Å². The van der Waals surface area contributed by atoms with Crippen LogP contribution in [0.15, 0.2) is 0 Å². The fraction of sp³-hybridized carbons (Fsp3) is 0.978. The second kappa shape index (κ2) is 19.9. The van der Waals surface area contributed by atoms with E-state index >= 15 is 0 Å². The van der Waals surface area contributed by atoms with Crippen LogP contribution < -0.4 is 0 Å². The van der Waals surface area contributed by atoms with E-state index in [1.807, 2.05) is 0 Å². The first-order chi connectivity index (χ1) is 23.1. The van der Waals surface area contributed by atoms with Gasteiger partial charge < -0.3 is 4.74 Å². The molecule has 0 spiro atoms. The molecule has 48 heavy (non-hydrogen) atoms. The molecule has 4 fully saturated rings. The Hall–Kier alpha value is -0.530. The van der Waals surface area contributed by atoms with Crippen molar-refractivity contribution < 1.29 is 9.53 Å². The van der Waals surface area contributed by atoms with E-state index in [4.69, 9.17) is 4.74 Å². The third-order valence-corrected chi connectivity index (χ3v) is 15.9. The Morgan fingerprint density at radius 3 is 1.81 bits per heavy atom. The number of carbonyl (C=O) groups is 1. The van der Waals surface area contributed by atoms with E-state index in [0.717, 1.165) is 66.6 Å². The van der Waals surface area contributed by atoms with Crippen LogP contribution in [0.4, 0.5) is 0 Å². The standard InChI is InChI=1S/C46H84O2/c1-8-9-10-11-12-13-14-15-16-17-18-19-20-21-22-23-44(47)48-39-30-32-45(6)38(34-39)26-27-40-42-29-28-41(46(42,7)33-31-43(40)45)37(5)25-24-36(4)35(2)3/h35-43H,8-34H2,1-7H3/t36-,37-,38+,39+,40+,41-,42+,43+,45+,46-/m1/s1. The zero-order valence-corrected chi connectivity index (χ0v) is 33.6. The number of unbranched alkanes of at least 4 members (excludes halogenated alkanes) is 14. The van der Waals surface area contributed by atoms with Crippen LogP contribution in [-0.4, -0.2) is 12.1 Å². The maximum atomic E-state index is 12.9. The fourth-order valence-electron chi connectivity index (χ4n) is 12.2. The highest BCUT2D eigenvalue weighted by atomic mass is 16.5. The van der Waals surface area contributed by atoms with Gasteiger partial charge in [0.05, 0.1) is 0 Å². The lowest BCUT2D eigenvalue weighted by atomic mass is 9.44. The smallest absolute Gasteiger partial charge is 0.306 e. The van der Waals surface area contributed by atoms with E-state index in [1.54, 1.807) is 0 Å². The van der Waals surface area contributed by atoms with Gasteiger partial charge in [-0.1, -0.05) is 151 Å². The van der Waals surface area contributed by atoms with E-state index in [0.29, 0.717) is 17.3 Å². The van der Waals surface area contributed by atoms with E-state index in [2.05, 4.69) is 48.5 Å². The Balaban J connectivity index is 1.09. The molecule has 0 N–H and O–H groups in total. The van der Waals surface area contributed by atoms with Gasteiger partial charge in [0.25, 0.3) is 0 Å². The van der Waals surface area contributed by atoms with Gasteiger partial charge in [0, 0.05) is 6.42 Å². The molecule has 4 rings (SSSR count). The highest BCUT2D eigenvalue weighted by Crippen LogP contribution is 2.68. The van der Waals surface area contributed by atoms with Crippen LogP contribution in [0.2, 0.25) is 0 Å². The van der Waals surface area contributed by atoms with Gasteiger partial charge in [-0.25, -0.2) is 0 Å². The summed E-state index contributed by atoms with van der Waals surface area (Å²) in [5, 5.41) is 0. The van der Waals surface area contributed by atoms with Gasteiger partial charge in [0.15, 0.2) is 0 Å². The Bertz CT molecular complexity index is 910. The third kappa shape index (κ3) is 10.7. The number of hydrogen-bond donors (Lipinski definition) is 0. The molecule has 2 nitrogen and oxygen atoms in total. The molecular weight excluding hydrogens is 585 g/mol. The van der Waals surface area contributed by atoms with E-state index in [-0.39, 0.29) is 12.1 Å². The van der Waals surface area contributed by atoms with Crippen molar-refractivity contribution in [3.63, 3.8) is 0 Å². The molecule has 0 amide bonds. The monoisotopic (exact) mass is 669 g/mol. The second-order valence-electron chi connectivity index (χ2n) is 19.2. The molecule has 4 aliphatic rings. The zero-order valence-electron chi connectivity index (χ0n) is 33.6. The average Bonchev–Trinajstić information content (AvgIpc) is 3.42. The van der Waals surface area contributed by atoms with Crippen LogP contribution in [0, 0.1) is 58.2 Å². The van der Waals surface area contributed by atoms with Crippen LogP contribution in [0.25, 0.3) is 0 Å². The predicted molar refractivity (Wildman–Crippen MR) is 207 cm³/mol. The van der Waals surface area contributed by atoms with Crippen molar-refractivity contribution in [1.82, 2.24) is 0 Å². The molecule has 0 aliphatic heterocycles. The molecule has 2 heteroatoms. The van der Waals surface area contributed by atoms with Gasteiger partial charge >= 0.3 is 5.97 Å². The Kier molecular flexibility index (Phi) is 16.7. The summed E-state index contributed by atoms with van der Waals surface area (Å²) in [6.07, 6.45) is 36.4. The van der Waals surface area contributed by atoms with Crippen LogP contribution in [0.1, 0.15) is 222 Å². The van der Waals surface area contributed by atoms with Crippen molar-refractivity contribution in [1.29, 1.82) is 0 Å². The first kappa shape index (κ1) is 40.2.